The fourth-order valence-corrected chi connectivity index (χ4v) is 0. The predicted octanol–water partition coefficient (Wildman–Crippen LogP) is -1.52. The summed E-state index contributed by atoms with van der Waals surface area (Å²) < 4.78 is 23.3. The monoisotopic (exact) mass is 230 g/mol. The number of aliphatic carboxylic acids is 1. The molecule has 0 aliphatic heterocycles. The standard InChI is InChI=1S/C2H4O2.2H2O.O.Sn/c1-2(3)4;;;;/h1H3,(H,3,4);2*1H2;;/q;;;;+2/p-2. The van der Waals surface area contributed by atoms with Crippen molar-refractivity contribution in [2.75, 3.05) is 0 Å². The van der Waals surface area contributed by atoms with E-state index in [4.69, 9.17) is 19.9 Å². The summed E-state index contributed by atoms with van der Waals surface area (Å²) in [6.07, 6.45) is 0. The Hall–Kier alpha value is -0.0113. The molecule has 0 aliphatic rings. The van der Waals surface area contributed by atoms with Gasteiger partial charge in [0.1, 0.15) is 0 Å². The first-order valence-corrected chi connectivity index (χ1v) is 5.30. The van der Waals surface area contributed by atoms with E-state index in [-0.39, 0.29) is 0 Å². The van der Waals surface area contributed by atoms with Crippen LogP contribution in [0, 0.1) is 0 Å². The van der Waals surface area contributed by atoms with Gasteiger partial charge in [-0.2, -0.15) is 0 Å². The third-order valence-corrected chi connectivity index (χ3v) is 0. The molecule has 48 valence electrons. The second-order valence-corrected chi connectivity index (χ2v) is 2.41. The first-order valence-electron chi connectivity index (χ1n) is 1.58. The normalized spacial score (nSPS) is 6.38. The van der Waals surface area contributed by atoms with Crippen molar-refractivity contribution in [2.24, 2.45) is 0 Å². The minimum absolute atomic E-state index is 0.833. The summed E-state index contributed by atoms with van der Waals surface area (Å²) in [4.78, 5) is 9.00. The maximum absolute atomic E-state index is 9.00. The Labute approximate surface area is 53.8 Å². The van der Waals surface area contributed by atoms with E-state index in [9.17, 15) is 0 Å². The van der Waals surface area contributed by atoms with E-state index in [1.165, 1.54) is 0 Å². The van der Waals surface area contributed by atoms with Crippen LogP contribution in [0.4, 0.5) is 0 Å². The number of hydrogen-bond donors (Lipinski definition) is 3. The molecule has 0 bridgehead atoms. The molecule has 0 aromatic carbocycles. The quantitative estimate of drug-likeness (QED) is 0.438. The second kappa shape index (κ2) is 6.99. The Morgan fingerprint density at radius 1 is 1.50 bits per heavy atom. The molecule has 0 spiro atoms. The third kappa shape index (κ3) is 1170000. The van der Waals surface area contributed by atoms with E-state index < -0.39 is 26.5 Å². The van der Waals surface area contributed by atoms with Gasteiger partial charge in [0.25, 0.3) is 5.97 Å². The third-order valence-electron chi connectivity index (χ3n) is 0. The van der Waals surface area contributed by atoms with E-state index in [1.54, 1.807) is 0 Å². The van der Waals surface area contributed by atoms with Crippen molar-refractivity contribution in [1.29, 1.82) is 0 Å². The molecule has 0 rings (SSSR count). The number of hydrogen-bond acceptors (Lipinski definition) is 2. The Bertz CT molecular complexity index is 68.4. The molecule has 8 heavy (non-hydrogen) atoms. The summed E-state index contributed by atoms with van der Waals surface area (Å²) in [5, 5.41) is 7.42. The number of carboxylic acid groups (broad SMARTS) is 1. The molecule has 0 amide bonds. The van der Waals surface area contributed by atoms with E-state index in [0.717, 1.165) is 6.92 Å². The molecule has 0 saturated heterocycles. The van der Waals surface area contributed by atoms with Crippen LogP contribution in [0.2, 0.25) is 0 Å². The summed E-state index contributed by atoms with van der Waals surface area (Å²) in [7, 11) is 0. The molecule has 5 nitrogen and oxygen atoms in total. The fourth-order valence-electron chi connectivity index (χ4n) is 0. The van der Waals surface area contributed by atoms with Gasteiger partial charge in [-0.3, -0.25) is 4.79 Å². The molecule has 0 fully saturated rings. The van der Waals surface area contributed by atoms with Crippen molar-refractivity contribution < 1.29 is 19.9 Å². The molecule has 0 aliphatic carbocycles. The molecule has 0 aromatic heterocycles. The van der Waals surface area contributed by atoms with Crippen LogP contribution >= 0.6 is 0 Å². The number of carbonyl (C=O) groups is 1. The Morgan fingerprint density at radius 3 is 1.50 bits per heavy atom. The van der Waals surface area contributed by atoms with Crippen LogP contribution in [0.3, 0.4) is 0 Å². The Kier molecular flexibility index (Phi) is 9.50. The van der Waals surface area contributed by atoms with Gasteiger partial charge in [0.15, 0.2) is 0 Å². The summed E-state index contributed by atoms with van der Waals surface area (Å²) >= 11 is -3.79. The van der Waals surface area contributed by atoms with Gasteiger partial charge in [0, 0.05) is 6.92 Å². The molecule has 0 saturated carbocycles. The second-order valence-electron chi connectivity index (χ2n) is 0.802. The number of carboxylic acids is 1. The van der Waals surface area contributed by atoms with Crippen LogP contribution in [0.15, 0.2) is 0 Å². The zero-order valence-electron chi connectivity index (χ0n) is 4.16. The van der Waals surface area contributed by atoms with Crippen LogP contribution in [0.25, 0.3) is 0 Å². The molecule has 3 N–H and O–H groups in total. The zero-order chi connectivity index (χ0) is 7.15. The predicted molar refractivity (Wildman–Crippen MR) is 24.2 cm³/mol. The van der Waals surface area contributed by atoms with Crippen molar-refractivity contribution in [3.05, 3.63) is 0 Å². The van der Waals surface area contributed by atoms with E-state index in [0.29, 0.717) is 0 Å². The van der Waals surface area contributed by atoms with Gasteiger partial charge in [0.05, 0.1) is 0 Å². The van der Waals surface area contributed by atoms with Crippen molar-refractivity contribution in [1.82, 2.24) is 0 Å². The molecule has 0 atom stereocenters. The fraction of sp³-hybridized carbons (Fsp3) is 0.500. The van der Waals surface area contributed by atoms with E-state index in [2.05, 4.69) is 0 Å². The van der Waals surface area contributed by atoms with Crippen LogP contribution in [-0.2, 0) is 7.87 Å². The van der Waals surface area contributed by atoms with Gasteiger partial charge in [-0.15, -0.1) is 0 Å². The first kappa shape index (κ1) is 10.9. The topological polar surface area (TPSA) is 94.8 Å². The van der Waals surface area contributed by atoms with Crippen molar-refractivity contribution in [3.63, 3.8) is 0 Å². The maximum atomic E-state index is 9.00. The van der Waals surface area contributed by atoms with Gasteiger partial charge in [0.2, 0.25) is 0 Å². The zero-order valence-corrected chi connectivity index (χ0v) is 7.01. The van der Waals surface area contributed by atoms with E-state index >= 15 is 0 Å². The summed E-state index contributed by atoms with van der Waals surface area (Å²) in [5.74, 6) is -0.833. The SMILES string of the molecule is CC(=O)O.[O]=[Sn]([OH])[OH]. The van der Waals surface area contributed by atoms with Gasteiger partial charge < -0.3 is 5.11 Å². The average molecular weight is 229 g/mol. The van der Waals surface area contributed by atoms with Crippen molar-refractivity contribution in [3.8, 4) is 0 Å². The first-order chi connectivity index (χ1) is 3.46. The Morgan fingerprint density at radius 2 is 1.50 bits per heavy atom. The van der Waals surface area contributed by atoms with Crippen LogP contribution < -0.4 is 0 Å². The minimum atomic E-state index is -3.79. The van der Waals surface area contributed by atoms with Gasteiger partial charge >= 0.3 is 30.5 Å². The summed E-state index contributed by atoms with van der Waals surface area (Å²) in [6.45, 7) is 1.08. The molecule has 0 aromatic rings. The molecule has 0 unspecified atom stereocenters. The van der Waals surface area contributed by atoms with E-state index in [1.807, 2.05) is 0 Å². The molecular weight excluding hydrogens is 223 g/mol. The van der Waals surface area contributed by atoms with Crippen molar-refractivity contribution >= 4 is 26.5 Å². The Balaban J connectivity index is 0. The van der Waals surface area contributed by atoms with Crippen molar-refractivity contribution in [2.45, 2.75) is 6.92 Å². The number of rotatable bonds is 0. The van der Waals surface area contributed by atoms with Crippen LogP contribution in [0.5, 0.6) is 0 Å². The average Bonchev–Trinajstić information content (AvgIpc) is 1.25. The van der Waals surface area contributed by atoms with Crippen LogP contribution in [0.1, 0.15) is 6.92 Å². The molecule has 6 heteroatoms. The molecule has 0 radical (unpaired) electrons. The molecule has 0 heterocycles. The van der Waals surface area contributed by atoms with Gasteiger partial charge in [-0.25, -0.2) is 0 Å². The summed E-state index contributed by atoms with van der Waals surface area (Å²) in [6, 6.07) is 0. The molecular formula is C2H6O5Sn. The van der Waals surface area contributed by atoms with Gasteiger partial charge in [-0.05, 0) is 0 Å². The van der Waals surface area contributed by atoms with Crippen LogP contribution in [-0.4, -0.2) is 38.5 Å². The summed E-state index contributed by atoms with van der Waals surface area (Å²) in [5.41, 5.74) is 0. The van der Waals surface area contributed by atoms with Gasteiger partial charge in [-0.1, -0.05) is 0 Å².